The van der Waals surface area contributed by atoms with Crippen LogP contribution in [0.2, 0.25) is 0 Å². The Hall–Kier alpha value is -2.50. The number of ether oxygens (including phenoxy) is 1. The molecule has 192 valence electrons. The first-order valence-corrected chi connectivity index (χ1v) is 12.7. The molecule has 0 amide bonds. The number of guanidine groups is 1. The molecule has 2 aliphatic rings. The van der Waals surface area contributed by atoms with E-state index < -0.39 is 21.8 Å². The number of alkyl halides is 3. The SMILES string of the molecule is Cl.O=S1(=O)N=C(NCCCOc2cccc(CN3CCCCC3)c2)Nc2cc(C(F)(F)F)ccc21. The van der Waals surface area contributed by atoms with Crippen LogP contribution in [0.15, 0.2) is 51.8 Å². The third kappa shape index (κ3) is 7.25. The molecule has 1 saturated heterocycles. The third-order valence-electron chi connectivity index (χ3n) is 5.68. The molecule has 35 heavy (non-hydrogen) atoms. The number of halogens is 4. The molecule has 0 bridgehead atoms. The van der Waals surface area contributed by atoms with Crippen molar-refractivity contribution in [2.75, 3.05) is 31.6 Å². The van der Waals surface area contributed by atoms with E-state index in [1.165, 1.54) is 24.8 Å². The number of benzene rings is 2. The van der Waals surface area contributed by atoms with Crippen molar-refractivity contribution >= 4 is 34.1 Å². The highest BCUT2D eigenvalue weighted by molar-refractivity contribution is 7.90. The second-order valence-electron chi connectivity index (χ2n) is 8.36. The van der Waals surface area contributed by atoms with E-state index in [2.05, 4.69) is 26.0 Å². The van der Waals surface area contributed by atoms with Crippen LogP contribution in [0.5, 0.6) is 5.75 Å². The number of piperidine rings is 1. The molecule has 2 aliphatic heterocycles. The van der Waals surface area contributed by atoms with Gasteiger partial charge in [0.25, 0.3) is 10.0 Å². The van der Waals surface area contributed by atoms with Crippen molar-refractivity contribution in [3.63, 3.8) is 0 Å². The van der Waals surface area contributed by atoms with Gasteiger partial charge in [0.15, 0.2) is 0 Å². The summed E-state index contributed by atoms with van der Waals surface area (Å²) < 4.78 is 73.0. The van der Waals surface area contributed by atoms with Gasteiger partial charge in [-0.25, -0.2) is 0 Å². The molecule has 0 aromatic heterocycles. The fourth-order valence-corrected chi connectivity index (χ4v) is 5.08. The number of fused-ring (bicyclic) bond motifs is 1. The highest BCUT2D eigenvalue weighted by Gasteiger charge is 2.33. The smallest absolute Gasteiger partial charge is 0.416 e. The van der Waals surface area contributed by atoms with E-state index in [1.807, 2.05) is 18.2 Å². The fraction of sp³-hybridized carbons (Fsp3) is 0.435. The maximum atomic E-state index is 13.0. The first-order valence-electron chi connectivity index (χ1n) is 11.2. The molecular formula is C23H28ClF3N4O3S. The Morgan fingerprint density at radius 3 is 2.60 bits per heavy atom. The molecular weight excluding hydrogens is 505 g/mol. The summed E-state index contributed by atoms with van der Waals surface area (Å²) in [6.07, 6.45) is -0.278. The zero-order valence-corrected chi connectivity index (χ0v) is 20.6. The number of sulfonamides is 1. The van der Waals surface area contributed by atoms with Gasteiger partial charge in [0.2, 0.25) is 5.96 Å². The summed E-state index contributed by atoms with van der Waals surface area (Å²) in [5.41, 5.74) is 0.0978. The molecule has 7 nitrogen and oxygen atoms in total. The minimum absolute atomic E-state index is 0. The summed E-state index contributed by atoms with van der Waals surface area (Å²) in [4.78, 5) is 2.15. The lowest BCUT2D eigenvalue weighted by molar-refractivity contribution is -0.137. The second kappa shape index (κ2) is 11.5. The number of nitrogens with one attached hydrogen (secondary N) is 2. The molecule has 0 radical (unpaired) electrons. The topological polar surface area (TPSA) is 83.0 Å². The Balaban J connectivity index is 0.00000342. The van der Waals surface area contributed by atoms with Crippen molar-refractivity contribution in [3.05, 3.63) is 53.6 Å². The molecule has 1 fully saturated rings. The fourth-order valence-electron chi connectivity index (χ4n) is 4.00. The minimum atomic E-state index is -4.58. The van der Waals surface area contributed by atoms with Crippen LogP contribution in [0.1, 0.15) is 36.8 Å². The van der Waals surface area contributed by atoms with Gasteiger partial charge in [0.05, 0.1) is 17.9 Å². The number of hydrogen-bond donors (Lipinski definition) is 2. The molecule has 2 aromatic rings. The second-order valence-corrected chi connectivity index (χ2v) is 9.93. The van der Waals surface area contributed by atoms with Crippen LogP contribution < -0.4 is 15.4 Å². The minimum Gasteiger partial charge on any atom is -0.494 e. The van der Waals surface area contributed by atoms with Crippen LogP contribution in [0.25, 0.3) is 0 Å². The van der Waals surface area contributed by atoms with Gasteiger partial charge >= 0.3 is 6.18 Å². The molecule has 2 heterocycles. The van der Waals surface area contributed by atoms with E-state index in [9.17, 15) is 21.6 Å². The van der Waals surface area contributed by atoms with Crippen LogP contribution in [0.3, 0.4) is 0 Å². The highest BCUT2D eigenvalue weighted by Crippen LogP contribution is 2.35. The normalized spacial score (nSPS) is 17.4. The van der Waals surface area contributed by atoms with Gasteiger partial charge in [-0.2, -0.15) is 21.6 Å². The van der Waals surface area contributed by atoms with E-state index in [-0.39, 0.29) is 28.9 Å². The first-order chi connectivity index (χ1) is 16.2. The quantitative estimate of drug-likeness (QED) is 0.505. The van der Waals surface area contributed by atoms with E-state index in [0.29, 0.717) is 19.6 Å². The Morgan fingerprint density at radius 1 is 1.09 bits per heavy atom. The monoisotopic (exact) mass is 532 g/mol. The summed E-state index contributed by atoms with van der Waals surface area (Å²) in [6, 6.07) is 10.4. The first kappa shape index (κ1) is 27.1. The van der Waals surface area contributed by atoms with Crippen molar-refractivity contribution in [1.29, 1.82) is 0 Å². The van der Waals surface area contributed by atoms with Crippen LogP contribution in [0.4, 0.5) is 18.9 Å². The molecule has 0 saturated carbocycles. The molecule has 12 heteroatoms. The summed E-state index contributed by atoms with van der Waals surface area (Å²) in [6.45, 7) is 3.84. The van der Waals surface area contributed by atoms with Crippen molar-refractivity contribution < 1.29 is 26.3 Å². The maximum Gasteiger partial charge on any atom is 0.416 e. The van der Waals surface area contributed by atoms with Crippen molar-refractivity contribution in [1.82, 2.24) is 10.2 Å². The van der Waals surface area contributed by atoms with Gasteiger partial charge in [-0.3, -0.25) is 4.90 Å². The van der Waals surface area contributed by atoms with Crippen molar-refractivity contribution in [2.24, 2.45) is 4.40 Å². The van der Waals surface area contributed by atoms with Gasteiger partial charge < -0.3 is 15.4 Å². The number of nitrogens with zero attached hydrogens (tertiary/aromatic N) is 2. The van der Waals surface area contributed by atoms with Crippen molar-refractivity contribution in [2.45, 2.75) is 43.3 Å². The molecule has 2 aromatic carbocycles. The van der Waals surface area contributed by atoms with E-state index in [0.717, 1.165) is 43.6 Å². The number of hydrogen-bond acceptors (Lipinski definition) is 6. The highest BCUT2D eigenvalue weighted by atomic mass is 35.5. The summed E-state index contributed by atoms with van der Waals surface area (Å²) in [5.74, 6) is 0.647. The lowest BCUT2D eigenvalue weighted by atomic mass is 10.1. The van der Waals surface area contributed by atoms with Gasteiger partial charge in [-0.15, -0.1) is 16.8 Å². The lowest BCUT2D eigenvalue weighted by Gasteiger charge is -2.26. The molecule has 4 rings (SSSR count). The molecule has 0 atom stereocenters. The van der Waals surface area contributed by atoms with Gasteiger partial charge in [0.1, 0.15) is 10.6 Å². The number of rotatable bonds is 7. The van der Waals surface area contributed by atoms with Crippen LogP contribution in [0, 0.1) is 0 Å². The van der Waals surface area contributed by atoms with Crippen molar-refractivity contribution in [3.8, 4) is 5.75 Å². The standard InChI is InChI=1S/C23H27F3N4O3S.ClH/c24-23(25,26)18-8-9-21-20(15-18)28-22(29-34(21,31)32)27-10-5-13-33-19-7-4-6-17(14-19)16-30-11-2-1-3-12-30;/h4,6-9,14-15H,1-3,5,10-13,16H2,(H2,27,28,29);1H. The average Bonchev–Trinajstić information content (AvgIpc) is 2.78. The lowest BCUT2D eigenvalue weighted by Crippen LogP contribution is -2.35. The van der Waals surface area contributed by atoms with Gasteiger partial charge in [-0.1, -0.05) is 18.6 Å². The number of anilines is 1. The average molecular weight is 533 g/mol. The predicted molar refractivity (Wildman–Crippen MR) is 131 cm³/mol. The van der Waals surface area contributed by atoms with Crippen LogP contribution >= 0.6 is 12.4 Å². The summed E-state index contributed by atoms with van der Waals surface area (Å²) in [5, 5.41) is 5.45. The summed E-state index contributed by atoms with van der Waals surface area (Å²) >= 11 is 0. The third-order valence-corrected chi connectivity index (χ3v) is 7.02. The number of likely N-dealkylation sites (tertiary alicyclic amines) is 1. The molecule has 0 unspecified atom stereocenters. The maximum absolute atomic E-state index is 13.0. The van der Waals surface area contributed by atoms with E-state index in [1.54, 1.807) is 0 Å². The van der Waals surface area contributed by atoms with Crippen LogP contribution in [-0.2, 0) is 22.7 Å². The Kier molecular flexibility index (Phi) is 8.89. The molecule has 2 N–H and O–H groups in total. The van der Waals surface area contributed by atoms with Crippen LogP contribution in [-0.4, -0.2) is 45.5 Å². The van der Waals surface area contributed by atoms with E-state index in [4.69, 9.17) is 4.74 Å². The van der Waals surface area contributed by atoms with Gasteiger partial charge in [0, 0.05) is 13.1 Å². The van der Waals surface area contributed by atoms with E-state index >= 15 is 0 Å². The zero-order valence-electron chi connectivity index (χ0n) is 19.0. The zero-order chi connectivity index (χ0) is 24.2. The Labute approximate surface area is 209 Å². The Morgan fingerprint density at radius 2 is 1.86 bits per heavy atom. The largest absolute Gasteiger partial charge is 0.494 e. The molecule has 0 spiro atoms. The summed E-state index contributed by atoms with van der Waals surface area (Å²) in [7, 11) is -4.10. The Bertz CT molecular complexity index is 1150. The molecule has 0 aliphatic carbocycles. The van der Waals surface area contributed by atoms with Gasteiger partial charge in [-0.05, 0) is 68.2 Å². The predicted octanol–water partition coefficient (Wildman–Crippen LogP) is 4.64.